The lowest BCUT2D eigenvalue weighted by atomic mass is 9.66. The first-order chi connectivity index (χ1) is 6.29. The van der Waals surface area contributed by atoms with Gasteiger partial charge in [-0.1, -0.05) is 18.6 Å². The second kappa shape index (κ2) is 1.75. The van der Waals surface area contributed by atoms with E-state index in [1.165, 1.54) is 32.1 Å². The summed E-state index contributed by atoms with van der Waals surface area (Å²) in [7, 11) is 0. The number of rotatable bonds is 0. The molecule has 70 valence electrons. The molecule has 0 aromatic rings. The van der Waals surface area contributed by atoms with Crippen molar-refractivity contribution in [1.82, 2.24) is 0 Å². The van der Waals surface area contributed by atoms with Gasteiger partial charge in [0, 0.05) is 11.3 Å². The van der Waals surface area contributed by atoms with Crippen LogP contribution in [0.2, 0.25) is 0 Å². The van der Waals surface area contributed by atoms with Gasteiger partial charge >= 0.3 is 0 Å². The standard InChI is InChI=1S/C12H16O/c13-10-8-3-5-11(10)4-1-2-9-7-12(9,11)6-8/h3,5,8-10,13H,1-2,4,6-7H2. The number of hydrogen-bond donors (Lipinski definition) is 1. The summed E-state index contributed by atoms with van der Waals surface area (Å²) >= 11 is 0. The summed E-state index contributed by atoms with van der Waals surface area (Å²) in [6, 6.07) is 0. The molecule has 2 spiro atoms. The summed E-state index contributed by atoms with van der Waals surface area (Å²) < 4.78 is 0. The van der Waals surface area contributed by atoms with Crippen LogP contribution in [0, 0.1) is 22.7 Å². The van der Waals surface area contributed by atoms with Gasteiger partial charge in [0.2, 0.25) is 0 Å². The fourth-order valence-electron chi connectivity index (χ4n) is 4.83. The number of hydrogen-bond acceptors (Lipinski definition) is 1. The molecule has 4 rings (SSSR count). The van der Waals surface area contributed by atoms with Gasteiger partial charge in [-0.3, -0.25) is 0 Å². The van der Waals surface area contributed by atoms with Crippen LogP contribution in [0.15, 0.2) is 12.2 Å². The predicted molar refractivity (Wildman–Crippen MR) is 50.1 cm³/mol. The molecule has 1 heteroatoms. The van der Waals surface area contributed by atoms with E-state index in [1.807, 2.05) is 0 Å². The molecule has 1 N–H and O–H groups in total. The van der Waals surface area contributed by atoms with Crippen LogP contribution in [0.4, 0.5) is 0 Å². The van der Waals surface area contributed by atoms with Crippen LogP contribution in [0.25, 0.3) is 0 Å². The van der Waals surface area contributed by atoms with Crippen molar-refractivity contribution in [3.8, 4) is 0 Å². The highest BCUT2D eigenvalue weighted by atomic mass is 16.3. The normalized spacial score (nSPS) is 66.4. The molecular formula is C12H16O. The van der Waals surface area contributed by atoms with E-state index in [1.54, 1.807) is 0 Å². The molecule has 0 aromatic carbocycles. The first kappa shape index (κ1) is 7.05. The maximum atomic E-state index is 10.2. The van der Waals surface area contributed by atoms with Gasteiger partial charge in [-0.25, -0.2) is 0 Å². The molecule has 5 atom stereocenters. The molecule has 4 aliphatic carbocycles. The lowest BCUT2D eigenvalue weighted by Crippen LogP contribution is -2.37. The van der Waals surface area contributed by atoms with Crippen LogP contribution < -0.4 is 0 Å². The molecule has 0 heterocycles. The van der Waals surface area contributed by atoms with E-state index in [0.717, 1.165) is 5.92 Å². The molecule has 5 unspecified atom stereocenters. The second-order valence-electron chi connectivity index (χ2n) is 5.66. The van der Waals surface area contributed by atoms with Gasteiger partial charge in [0.1, 0.15) is 0 Å². The fraction of sp³-hybridized carbons (Fsp3) is 0.833. The van der Waals surface area contributed by atoms with Crippen LogP contribution in [-0.4, -0.2) is 11.2 Å². The number of aliphatic hydroxyl groups excluding tert-OH is 1. The van der Waals surface area contributed by atoms with Crippen LogP contribution >= 0.6 is 0 Å². The van der Waals surface area contributed by atoms with E-state index in [-0.39, 0.29) is 11.5 Å². The van der Waals surface area contributed by atoms with E-state index in [9.17, 15) is 5.11 Å². The topological polar surface area (TPSA) is 20.2 Å². The first-order valence-corrected chi connectivity index (χ1v) is 5.66. The Kier molecular flexibility index (Phi) is 0.947. The minimum absolute atomic E-state index is 0.0159. The van der Waals surface area contributed by atoms with E-state index in [0.29, 0.717) is 11.3 Å². The molecule has 3 fully saturated rings. The smallest absolute Gasteiger partial charge is 0.0698 e. The maximum absolute atomic E-state index is 10.2. The molecule has 0 amide bonds. The Labute approximate surface area is 78.8 Å². The van der Waals surface area contributed by atoms with Crippen molar-refractivity contribution in [2.75, 3.05) is 0 Å². The largest absolute Gasteiger partial charge is 0.392 e. The molecule has 13 heavy (non-hydrogen) atoms. The Bertz CT molecular complexity index is 308. The molecule has 0 saturated heterocycles. The van der Waals surface area contributed by atoms with Crippen molar-refractivity contribution in [3.63, 3.8) is 0 Å². The van der Waals surface area contributed by atoms with Gasteiger partial charge in [-0.2, -0.15) is 0 Å². The Balaban J connectivity index is 1.90. The van der Waals surface area contributed by atoms with Crippen molar-refractivity contribution in [2.45, 2.75) is 38.2 Å². The Morgan fingerprint density at radius 1 is 1.31 bits per heavy atom. The quantitative estimate of drug-likeness (QED) is 0.560. The molecule has 3 saturated carbocycles. The van der Waals surface area contributed by atoms with E-state index in [2.05, 4.69) is 12.2 Å². The van der Waals surface area contributed by atoms with Crippen LogP contribution in [-0.2, 0) is 0 Å². The van der Waals surface area contributed by atoms with Gasteiger partial charge in [-0.15, -0.1) is 0 Å². The Morgan fingerprint density at radius 2 is 2.23 bits per heavy atom. The lowest BCUT2D eigenvalue weighted by Gasteiger charge is -2.39. The molecule has 1 nitrogen and oxygen atoms in total. The maximum Gasteiger partial charge on any atom is 0.0698 e. The van der Waals surface area contributed by atoms with Gasteiger partial charge in [0.25, 0.3) is 0 Å². The minimum atomic E-state index is -0.0159. The van der Waals surface area contributed by atoms with E-state index >= 15 is 0 Å². The SMILES string of the molecule is OC1C2C=CC13CCCC1CC13C2. The third-order valence-electron chi connectivity index (χ3n) is 5.48. The Morgan fingerprint density at radius 3 is 3.00 bits per heavy atom. The molecule has 0 aliphatic heterocycles. The molecule has 2 bridgehead atoms. The highest BCUT2D eigenvalue weighted by Crippen LogP contribution is 2.79. The predicted octanol–water partition coefficient (Wildman–Crippen LogP) is 2.11. The summed E-state index contributed by atoms with van der Waals surface area (Å²) in [5.74, 6) is 1.49. The van der Waals surface area contributed by atoms with E-state index in [4.69, 9.17) is 0 Å². The fourth-order valence-corrected chi connectivity index (χ4v) is 4.83. The Hall–Kier alpha value is -0.300. The number of fused-ring (bicyclic) bond motifs is 1. The zero-order valence-electron chi connectivity index (χ0n) is 7.87. The highest BCUT2D eigenvalue weighted by molar-refractivity contribution is 5.35. The lowest BCUT2D eigenvalue weighted by molar-refractivity contribution is 0.0282. The van der Waals surface area contributed by atoms with Crippen molar-refractivity contribution in [1.29, 1.82) is 0 Å². The zero-order valence-corrected chi connectivity index (χ0v) is 7.87. The van der Waals surface area contributed by atoms with Gasteiger partial charge in [0.15, 0.2) is 0 Å². The first-order valence-electron chi connectivity index (χ1n) is 5.66. The summed E-state index contributed by atoms with van der Waals surface area (Å²) in [4.78, 5) is 0. The average molecular weight is 176 g/mol. The average Bonchev–Trinajstić information content (AvgIpc) is 2.72. The minimum Gasteiger partial charge on any atom is -0.392 e. The van der Waals surface area contributed by atoms with Crippen molar-refractivity contribution in [3.05, 3.63) is 12.2 Å². The van der Waals surface area contributed by atoms with Crippen LogP contribution in [0.3, 0.4) is 0 Å². The number of aliphatic hydroxyl groups is 1. The van der Waals surface area contributed by atoms with Crippen molar-refractivity contribution in [2.24, 2.45) is 22.7 Å². The third-order valence-corrected chi connectivity index (χ3v) is 5.48. The van der Waals surface area contributed by atoms with E-state index < -0.39 is 0 Å². The summed E-state index contributed by atoms with van der Waals surface area (Å²) in [5, 5.41) is 10.2. The summed E-state index contributed by atoms with van der Waals surface area (Å²) in [6.07, 6.45) is 11.4. The summed E-state index contributed by atoms with van der Waals surface area (Å²) in [6.45, 7) is 0. The summed E-state index contributed by atoms with van der Waals surface area (Å²) in [5.41, 5.74) is 0.838. The third kappa shape index (κ3) is 0.527. The molecule has 0 aromatic heterocycles. The van der Waals surface area contributed by atoms with Gasteiger partial charge < -0.3 is 5.11 Å². The second-order valence-corrected chi connectivity index (χ2v) is 5.66. The molecular weight excluding hydrogens is 160 g/mol. The molecule has 0 radical (unpaired) electrons. The monoisotopic (exact) mass is 176 g/mol. The van der Waals surface area contributed by atoms with Crippen LogP contribution in [0.5, 0.6) is 0 Å². The van der Waals surface area contributed by atoms with Crippen molar-refractivity contribution >= 4 is 0 Å². The van der Waals surface area contributed by atoms with Gasteiger partial charge in [0.05, 0.1) is 6.10 Å². The van der Waals surface area contributed by atoms with Crippen molar-refractivity contribution < 1.29 is 5.11 Å². The van der Waals surface area contributed by atoms with Gasteiger partial charge in [-0.05, 0) is 37.0 Å². The zero-order chi connectivity index (χ0) is 8.68. The van der Waals surface area contributed by atoms with Crippen LogP contribution in [0.1, 0.15) is 32.1 Å². The molecule has 4 aliphatic rings. The highest BCUT2D eigenvalue weighted by Gasteiger charge is 2.75.